The van der Waals surface area contributed by atoms with Crippen molar-refractivity contribution in [3.05, 3.63) is 22.4 Å². The van der Waals surface area contributed by atoms with E-state index in [0.29, 0.717) is 27.9 Å². The summed E-state index contributed by atoms with van der Waals surface area (Å²) in [6.45, 7) is 4.37. The number of amides is 2. The average Bonchev–Trinajstić information content (AvgIpc) is 3.09. The zero-order chi connectivity index (χ0) is 17.5. The molecule has 0 unspecified atom stereocenters. The van der Waals surface area contributed by atoms with Crippen LogP contribution in [0.5, 0.6) is 0 Å². The first-order valence-electron chi connectivity index (χ1n) is 8.14. The average molecular weight is 369 g/mol. The van der Waals surface area contributed by atoms with Crippen molar-refractivity contribution in [2.45, 2.75) is 39.2 Å². The summed E-state index contributed by atoms with van der Waals surface area (Å²) in [4.78, 5) is 24.1. The molecule has 1 fully saturated rings. The predicted octanol–water partition coefficient (Wildman–Crippen LogP) is 1.80. The van der Waals surface area contributed by atoms with Crippen molar-refractivity contribution in [1.29, 1.82) is 0 Å². The summed E-state index contributed by atoms with van der Waals surface area (Å²) in [5.74, 6) is 0.598. The standard InChI is InChI=1S/C16H24N4O2S2/c1-10-5-3-6-12(11(10)2)18-16(23)20-19-14(21)9-17-15(22)13-7-4-8-24-13/h4,7-8,10-12H,3,5-6,9H2,1-2H3,(H,17,22)(H,19,21)(H2,18,20,23)/t10-,11-,12-/m1/s1. The number of nitrogens with one attached hydrogen (secondary N) is 4. The summed E-state index contributed by atoms with van der Waals surface area (Å²) in [5, 5.41) is 8.04. The Balaban J connectivity index is 1.66. The van der Waals surface area contributed by atoms with E-state index in [2.05, 4.69) is 35.3 Å². The second-order valence-corrected chi connectivity index (χ2v) is 7.54. The first-order valence-corrected chi connectivity index (χ1v) is 9.43. The molecule has 0 spiro atoms. The zero-order valence-corrected chi connectivity index (χ0v) is 15.6. The van der Waals surface area contributed by atoms with E-state index >= 15 is 0 Å². The lowest BCUT2D eigenvalue weighted by molar-refractivity contribution is -0.120. The molecule has 2 rings (SSSR count). The van der Waals surface area contributed by atoms with Gasteiger partial charge in [-0.1, -0.05) is 32.8 Å². The molecule has 0 radical (unpaired) electrons. The van der Waals surface area contributed by atoms with Gasteiger partial charge in [0.25, 0.3) is 11.8 Å². The van der Waals surface area contributed by atoms with E-state index in [-0.39, 0.29) is 18.4 Å². The second kappa shape index (κ2) is 8.98. The number of rotatable bonds is 4. The number of hydrazine groups is 1. The van der Waals surface area contributed by atoms with Crippen LogP contribution in [0.4, 0.5) is 0 Å². The third-order valence-electron chi connectivity index (χ3n) is 4.49. The van der Waals surface area contributed by atoms with E-state index in [0.717, 1.165) is 6.42 Å². The summed E-state index contributed by atoms with van der Waals surface area (Å²) < 4.78 is 0. The topological polar surface area (TPSA) is 82.3 Å². The number of thiophene rings is 1. The van der Waals surface area contributed by atoms with Crippen LogP contribution in [0.2, 0.25) is 0 Å². The van der Waals surface area contributed by atoms with Crippen LogP contribution in [0.3, 0.4) is 0 Å². The van der Waals surface area contributed by atoms with Crippen molar-refractivity contribution >= 4 is 40.5 Å². The quantitative estimate of drug-likeness (QED) is 0.481. The van der Waals surface area contributed by atoms with Crippen molar-refractivity contribution in [3.8, 4) is 0 Å². The van der Waals surface area contributed by atoms with Gasteiger partial charge in [-0.05, 0) is 41.9 Å². The van der Waals surface area contributed by atoms with Gasteiger partial charge in [0.05, 0.1) is 11.4 Å². The van der Waals surface area contributed by atoms with E-state index in [1.165, 1.54) is 24.2 Å². The molecule has 1 aliphatic rings. The monoisotopic (exact) mass is 368 g/mol. The Hall–Kier alpha value is -1.67. The Morgan fingerprint density at radius 3 is 2.79 bits per heavy atom. The highest BCUT2D eigenvalue weighted by Gasteiger charge is 2.27. The fourth-order valence-electron chi connectivity index (χ4n) is 2.82. The van der Waals surface area contributed by atoms with E-state index in [4.69, 9.17) is 12.2 Å². The predicted molar refractivity (Wildman–Crippen MR) is 99.6 cm³/mol. The Bertz CT molecular complexity index is 577. The van der Waals surface area contributed by atoms with Crippen LogP contribution in [0, 0.1) is 11.8 Å². The lowest BCUT2D eigenvalue weighted by Gasteiger charge is -2.35. The van der Waals surface area contributed by atoms with Crippen molar-refractivity contribution in [1.82, 2.24) is 21.5 Å². The lowest BCUT2D eigenvalue weighted by Crippen LogP contribution is -2.53. The van der Waals surface area contributed by atoms with Gasteiger partial charge in [0.2, 0.25) is 0 Å². The maximum absolute atomic E-state index is 11.8. The number of hydrogen-bond acceptors (Lipinski definition) is 4. The second-order valence-electron chi connectivity index (χ2n) is 6.18. The number of carbonyl (C=O) groups is 2. The normalized spacial score (nSPS) is 23.2. The minimum atomic E-state index is -0.353. The summed E-state index contributed by atoms with van der Waals surface area (Å²) in [7, 11) is 0. The van der Waals surface area contributed by atoms with E-state index in [1.807, 2.05) is 5.38 Å². The number of thiocarbonyl (C=S) groups is 1. The van der Waals surface area contributed by atoms with E-state index in [1.54, 1.807) is 12.1 Å². The van der Waals surface area contributed by atoms with Crippen LogP contribution in [-0.4, -0.2) is 29.5 Å². The number of carbonyl (C=O) groups excluding carboxylic acids is 2. The molecular weight excluding hydrogens is 344 g/mol. The molecule has 1 heterocycles. The minimum Gasteiger partial charge on any atom is -0.358 e. The first-order chi connectivity index (χ1) is 11.5. The molecule has 24 heavy (non-hydrogen) atoms. The Labute approximate surface area is 151 Å². The van der Waals surface area contributed by atoms with Crippen LogP contribution in [0.1, 0.15) is 42.8 Å². The van der Waals surface area contributed by atoms with Gasteiger partial charge in [0, 0.05) is 6.04 Å². The lowest BCUT2D eigenvalue weighted by atomic mass is 9.78. The van der Waals surface area contributed by atoms with Gasteiger partial charge < -0.3 is 10.6 Å². The van der Waals surface area contributed by atoms with E-state index < -0.39 is 0 Å². The maximum Gasteiger partial charge on any atom is 0.261 e. The third-order valence-corrected chi connectivity index (χ3v) is 5.58. The molecule has 1 aromatic rings. The molecular formula is C16H24N4O2S2. The highest BCUT2D eigenvalue weighted by Crippen LogP contribution is 2.29. The van der Waals surface area contributed by atoms with Gasteiger partial charge in [-0.15, -0.1) is 11.3 Å². The SMILES string of the molecule is C[C@@H]1[C@H](C)CCC[C@H]1NC(=S)NNC(=O)CNC(=O)c1cccs1. The summed E-state index contributed by atoms with van der Waals surface area (Å²) >= 11 is 6.55. The largest absolute Gasteiger partial charge is 0.358 e. The molecule has 0 saturated heterocycles. The molecule has 3 atom stereocenters. The van der Waals surface area contributed by atoms with Crippen molar-refractivity contribution in [2.75, 3.05) is 6.54 Å². The Morgan fingerprint density at radius 2 is 2.08 bits per heavy atom. The molecule has 4 N–H and O–H groups in total. The van der Waals surface area contributed by atoms with Crippen molar-refractivity contribution in [3.63, 3.8) is 0 Å². The molecule has 1 saturated carbocycles. The van der Waals surface area contributed by atoms with Crippen LogP contribution < -0.4 is 21.5 Å². The molecule has 0 aromatic carbocycles. The molecule has 2 amide bonds. The minimum absolute atomic E-state index is 0.108. The van der Waals surface area contributed by atoms with Crippen LogP contribution in [-0.2, 0) is 4.79 Å². The summed E-state index contributed by atoms with van der Waals surface area (Å²) in [6.07, 6.45) is 3.52. The van der Waals surface area contributed by atoms with Crippen LogP contribution >= 0.6 is 23.6 Å². The van der Waals surface area contributed by atoms with Gasteiger partial charge in [-0.2, -0.15) is 0 Å². The van der Waals surface area contributed by atoms with Crippen molar-refractivity contribution in [2.24, 2.45) is 11.8 Å². The fourth-order valence-corrected chi connectivity index (χ4v) is 3.66. The van der Waals surface area contributed by atoms with Crippen LogP contribution in [0.15, 0.2) is 17.5 Å². The van der Waals surface area contributed by atoms with Gasteiger partial charge in [-0.25, -0.2) is 0 Å². The van der Waals surface area contributed by atoms with Gasteiger partial charge in [0.1, 0.15) is 0 Å². The summed E-state index contributed by atoms with van der Waals surface area (Å²) in [5.41, 5.74) is 5.19. The van der Waals surface area contributed by atoms with Crippen molar-refractivity contribution < 1.29 is 9.59 Å². The molecule has 0 aliphatic heterocycles. The maximum atomic E-state index is 11.8. The smallest absolute Gasteiger partial charge is 0.261 e. The fraction of sp³-hybridized carbons (Fsp3) is 0.562. The highest BCUT2D eigenvalue weighted by molar-refractivity contribution is 7.80. The number of hydrogen-bond donors (Lipinski definition) is 4. The molecule has 8 heteroatoms. The summed E-state index contributed by atoms with van der Waals surface area (Å²) in [6, 6.07) is 3.82. The zero-order valence-electron chi connectivity index (χ0n) is 13.9. The van der Waals surface area contributed by atoms with Crippen LogP contribution in [0.25, 0.3) is 0 Å². The molecule has 1 aliphatic carbocycles. The van der Waals surface area contributed by atoms with E-state index in [9.17, 15) is 9.59 Å². The third kappa shape index (κ3) is 5.45. The molecule has 6 nitrogen and oxygen atoms in total. The Morgan fingerprint density at radius 1 is 1.29 bits per heavy atom. The molecule has 0 bridgehead atoms. The van der Waals surface area contributed by atoms with Gasteiger partial charge >= 0.3 is 0 Å². The van der Waals surface area contributed by atoms with Gasteiger partial charge in [0.15, 0.2) is 5.11 Å². The molecule has 1 aromatic heterocycles. The van der Waals surface area contributed by atoms with Gasteiger partial charge in [-0.3, -0.25) is 20.4 Å². The highest BCUT2D eigenvalue weighted by atomic mass is 32.1. The first kappa shape index (κ1) is 18.7. The molecule has 132 valence electrons. The Kier molecular flexibility index (Phi) is 6.99.